The lowest BCUT2D eigenvalue weighted by Crippen LogP contribution is -2.44. The summed E-state index contributed by atoms with van der Waals surface area (Å²) < 4.78 is 0. The molecule has 30 heavy (non-hydrogen) atoms. The summed E-state index contributed by atoms with van der Waals surface area (Å²) >= 11 is 6.02. The van der Waals surface area contributed by atoms with Crippen LogP contribution in [0.4, 0.5) is 0 Å². The molecule has 1 heterocycles. The molecule has 2 fully saturated rings. The number of amides is 3. The number of carbonyl (C=O) groups excluding carboxylic acids is 3. The number of imide groups is 1. The molecule has 0 aromatic heterocycles. The molecule has 1 spiro atoms. The Balaban J connectivity index is 1.51. The molecule has 4 rings (SSSR count). The van der Waals surface area contributed by atoms with Gasteiger partial charge in [0.1, 0.15) is 6.54 Å². The van der Waals surface area contributed by atoms with Crippen LogP contribution in [0.15, 0.2) is 54.6 Å². The van der Waals surface area contributed by atoms with Crippen LogP contribution in [0.2, 0.25) is 5.02 Å². The Morgan fingerprint density at radius 1 is 0.967 bits per heavy atom. The van der Waals surface area contributed by atoms with Gasteiger partial charge in [0.2, 0.25) is 17.7 Å². The van der Waals surface area contributed by atoms with E-state index in [-0.39, 0.29) is 30.7 Å². The van der Waals surface area contributed by atoms with E-state index in [1.54, 1.807) is 12.1 Å². The minimum Gasteiger partial charge on any atom is -0.344 e. The van der Waals surface area contributed by atoms with E-state index in [0.29, 0.717) is 5.02 Å². The normalized spacial score (nSPS) is 19.2. The van der Waals surface area contributed by atoms with Gasteiger partial charge in [-0.15, -0.1) is 0 Å². The molecule has 0 radical (unpaired) electrons. The summed E-state index contributed by atoms with van der Waals surface area (Å²) in [4.78, 5) is 39.6. The van der Waals surface area contributed by atoms with Crippen molar-refractivity contribution >= 4 is 29.3 Å². The molecular weight excluding hydrogens is 400 g/mol. The van der Waals surface area contributed by atoms with Crippen molar-refractivity contribution in [2.45, 2.75) is 44.6 Å². The van der Waals surface area contributed by atoms with E-state index in [1.807, 2.05) is 42.5 Å². The van der Waals surface area contributed by atoms with Gasteiger partial charge in [0.05, 0.1) is 11.5 Å². The van der Waals surface area contributed by atoms with Crippen molar-refractivity contribution in [3.05, 3.63) is 70.7 Å². The van der Waals surface area contributed by atoms with Gasteiger partial charge in [0, 0.05) is 11.4 Å². The number of benzene rings is 2. The van der Waals surface area contributed by atoms with Gasteiger partial charge in [0.25, 0.3) is 0 Å². The summed E-state index contributed by atoms with van der Waals surface area (Å²) in [6.45, 7) is -0.240. The number of nitrogens with one attached hydrogen (secondary N) is 1. The van der Waals surface area contributed by atoms with Gasteiger partial charge in [-0.1, -0.05) is 73.3 Å². The highest BCUT2D eigenvalue weighted by Crippen LogP contribution is 2.45. The van der Waals surface area contributed by atoms with Crippen LogP contribution < -0.4 is 5.32 Å². The van der Waals surface area contributed by atoms with Gasteiger partial charge in [-0.25, -0.2) is 0 Å². The number of hydrogen-bond acceptors (Lipinski definition) is 3. The van der Waals surface area contributed by atoms with E-state index < -0.39 is 11.5 Å². The quantitative estimate of drug-likeness (QED) is 0.729. The highest BCUT2D eigenvalue weighted by molar-refractivity contribution is 6.30. The van der Waals surface area contributed by atoms with Gasteiger partial charge >= 0.3 is 0 Å². The second-order valence-electron chi connectivity index (χ2n) is 8.27. The second kappa shape index (κ2) is 8.60. The number of rotatable bonds is 5. The molecule has 5 nitrogen and oxygen atoms in total. The fourth-order valence-corrected chi connectivity index (χ4v) is 4.78. The minimum absolute atomic E-state index is 0.176. The topological polar surface area (TPSA) is 66.5 Å². The Labute approximate surface area is 181 Å². The highest BCUT2D eigenvalue weighted by atomic mass is 35.5. The van der Waals surface area contributed by atoms with E-state index >= 15 is 0 Å². The molecule has 2 aliphatic rings. The van der Waals surface area contributed by atoms with Crippen LogP contribution in [0.25, 0.3) is 0 Å². The standard InChI is InChI=1S/C24H25ClN2O3/c25-19-11-9-18(10-12-19)22(17-7-3-1-4-8-17)26-20(28)16-27-21(29)15-24(23(27)30)13-5-2-6-14-24/h1,3-4,7-12,22H,2,5-6,13-16H2,(H,26,28)/t22-/m1/s1. The molecule has 156 valence electrons. The Morgan fingerprint density at radius 3 is 2.27 bits per heavy atom. The molecule has 1 atom stereocenters. The van der Waals surface area contributed by atoms with Gasteiger partial charge in [-0.3, -0.25) is 19.3 Å². The van der Waals surface area contributed by atoms with E-state index in [0.717, 1.165) is 48.1 Å². The third kappa shape index (κ3) is 4.12. The Morgan fingerprint density at radius 2 is 1.60 bits per heavy atom. The largest absolute Gasteiger partial charge is 0.344 e. The summed E-state index contributed by atoms with van der Waals surface area (Å²) in [5.41, 5.74) is 1.21. The zero-order chi connectivity index (χ0) is 21.1. The summed E-state index contributed by atoms with van der Waals surface area (Å²) in [5.74, 6) is -0.765. The first-order chi connectivity index (χ1) is 14.5. The molecular formula is C24H25ClN2O3. The van der Waals surface area contributed by atoms with Crippen LogP contribution in [-0.4, -0.2) is 29.2 Å². The van der Waals surface area contributed by atoms with Gasteiger partial charge in [0.15, 0.2) is 0 Å². The molecule has 1 aliphatic carbocycles. The maximum Gasteiger partial charge on any atom is 0.240 e. The number of halogens is 1. The Hall–Kier alpha value is -2.66. The monoisotopic (exact) mass is 424 g/mol. The van der Waals surface area contributed by atoms with Gasteiger partial charge < -0.3 is 5.32 Å². The van der Waals surface area contributed by atoms with Crippen molar-refractivity contribution in [3.8, 4) is 0 Å². The van der Waals surface area contributed by atoms with E-state index in [2.05, 4.69) is 5.32 Å². The molecule has 2 aromatic rings. The van der Waals surface area contributed by atoms with Gasteiger partial charge in [-0.05, 0) is 36.1 Å². The average Bonchev–Trinajstić information content (AvgIpc) is 2.98. The molecule has 2 aromatic carbocycles. The zero-order valence-electron chi connectivity index (χ0n) is 16.8. The van der Waals surface area contributed by atoms with Crippen LogP contribution >= 0.6 is 11.6 Å². The van der Waals surface area contributed by atoms with E-state index in [1.165, 1.54) is 0 Å². The van der Waals surface area contributed by atoms with Crippen LogP contribution in [0, 0.1) is 5.41 Å². The molecule has 0 unspecified atom stereocenters. The van der Waals surface area contributed by atoms with Crippen LogP contribution in [0.3, 0.4) is 0 Å². The molecule has 1 aliphatic heterocycles. The molecule has 1 saturated carbocycles. The van der Waals surface area contributed by atoms with Gasteiger partial charge in [-0.2, -0.15) is 0 Å². The molecule has 1 saturated heterocycles. The Bertz CT molecular complexity index is 937. The number of hydrogen-bond donors (Lipinski definition) is 1. The number of nitrogens with zero attached hydrogens (tertiary/aromatic N) is 1. The van der Waals surface area contributed by atoms with E-state index in [4.69, 9.17) is 11.6 Å². The first-order valence-electron chi connectivity index (χ1n) is 10.4. The number of carbonyl (C=O) groups is 3. The SMILES string of the molecule is O=C(CN1C(=O)CC2(CCCCC2)C1=O)N[C@H](c1ccccc1)c1ccc(Cl)cc1. The van der Waals surface area contributed by atoms with Crippen molar-refractivity contribution in [1.82, 2.24) is 10.2 Å². The summed E-state index contributed by atoms with van der Waals surface area (Å²) in [6.07, 6.45) is 4.75. The van der Waals surface area contributed by atoms with Crippen LogP contribution in [0.5, 0.6) is 0 Å². The molecule has 0 bridgehead atoms. The van der Waals surface area contributed by atoms with Crippen molar-refractivity contribution in [1.29, 1.82) is 0 Å². The number of likely N-dealkylation sites (tertiary alicyclic amines) is 1. The van der Waals surface area contributed by atoms with Crippen LogP contribution in [-0.2, 0) is 14.4 Å². The first-order valence-corrected chi connectivity index (χ1v) is 10.8. The van der Waals surface area contributed by atoms with Crippen molar-refractivity contribution in [3.63, 3.8) is 0 Å². The predicted octanol–water partition coefficient (Wildman–Crippen LogP) is 4.26. The van der Waals surface area contributed by atoms with Crippen molar-refractivity contribution < 1.29 is 14.4 Å². The third-order valence-electron chi connectivity index (χ3n) is 6.24. The molecule has 1 N–H and O–H groups in total. The lowest BCUT2D eigenvalue weighted by molar-refractivity contribution is -0.145. The highest BCUT2D eigenvalue weighted by Gasteiger charge is 2.51. The van der Waals surface area contributed by atoms with Crippen molar-refractivity contribution in [2.24, 2.45) is 5.41 Å². The first kappa shape index (κ1) is 20.6. The maximum atomic E-state index is 13.0. The second-order valence-corrected chi connectivity index (χ2v) is 8.70. The third-order valence-corrected chi connectivity index (χ3v) is 6.50. The fourth-order valence-electron chi connectivity index (χ4n) is 4.65. The zero-order valence-corrected chi connectivity index (χ0v) is 17.5. The van der Waals surface area contributed by atoms with Crippen molar-refractivity contribution in [2.75, 3.05) is 6.54 Å². The van der Waals surface area contributed by atoms with E-state index in [9.17, 15) is 14.4 Å². The lowest BCUT2D eigenvalue weighted by atomic mass is 9.73. The average molecular weight is 425 g/mol. The molecule has 3 amide bonds. The maximum absolute atomic E-state index is 13.0. The summed E-state index contributed by atoms with van der Waals surface area (Å²) in [7, 11) is 0. The summed E-state index contributed by atoms with van der Waals surface area (Å²) in [6, 6.07) is 16.5. The fraction of sp³-hybridized carbons (Fsp3) is 0.375. The molecule has 6 heteroatoms. The predicted molar refractivity (Wildman–Crippen MR) is 115 cm³/mol. The van der Waals surface area contributed by atoms with Crippen LogP contribution in [0.1, 0.15) is 55.7 Å². The minimum atomic E-state index is -0.579. The smallest absolute Gasteiger partial charge is 0.240 e. The Kier molecular flexibility index (Phi) is 5.91. The lowest BCUT2D eigenvalue weighted by Gasteiger charge is -2.30. The summed E-state index contributed by atoms with van der Waals surface area (Å²) in [5, 5.41) is 3.61.